The molecule has 0 bridgehead atoms. The van der Waals surface area contributed by atoms with Gasteiger partial charge >= 0.3 is 5.97 Å². The fraction of sp³-hybridized carbons (Fsp3) is 0.429. The first-order chi connectivity index (χ1) is 12.4. The van der Waals surface area contributed by atoms with Crippen LogP contribution in [0.3, 0.4) is 0 Å². The quantitative estimate of drug-likeness (QED) is 0.910. The van der Waals surface area contributed by atoms with E-state index in [9.17, 15) is 9.59 Å². The fourth-order valence-corrected chi connectivity index (χ4v) is 3.82. The fourth-order valence-electron chi connectivity index (χ4n) is 3.82. The summed E-state index contributed by atoms with van der Waals surface area (Å²) in [6.07, 6.45) is 1.70. The predicted molar refractivity (Wildman–Crippen MR) is 101 cm³/mol. The number of aromatic nitrogens is 1. The van der Waals surface area contributed by atoms with E-state index < -0.39 is 5.97 Å². The third-order valence-corrected chi connectivity index (χ3v) is 5.26. The molecule has 1 aromatic carbocycles. The molecule has 1 aromatic heterocycles. The van der Waals surface area contributed by atoms with Crippen molar-refractivity contribution in [2.45, 2.75) is 40.0 Å². The Kier molecular flexibility index (Phi) is 5.16. The van der Waals surface area contributed by atoms with Gasteiger partial charge in [0.1, 0.15) is 0 Å². The van der Waals surface area contributed by atoms with Crippen LogP contribution in [0, 0.1) is 26.7 Å². The Morgan fingerprint density at radius 3 is 2.23 bits per heavy atom. The summed E-state index contributed by atoms with van der Waals surface area (Å²) >= 11 is 0. The lowest BCUT2D eigenvalue weighted by Crippen LogP contribution is -2.39. The molecule has 1 saturated heterocycles. The molecule has 138 valence electrons. The van der Waals surface area contributed by atoms with Crippen LogP contribution in [0.1, 0.15) is 46.6 Å². The van der Waals surface area contributed by atoms with Gasteiger partial charge in [-0.1, -0.05) is 11.6 Å². The van der Waals surface area contributed by atoms with Crippen molar-refractivity contribution in [3.05, 3.63) is 52.8 Å². The van der Waals surface area contributed by atoms with Gasteiger partial charge in [0.25, 0.3) is 5.91 Å². The summed E-state index contributed by atoms with van der Waals surface area (Å²) in [5.41, 5.74) is 4.87. The van der Waals surface area contributed by atoms with Gasteiger partial charge in [-0.3, -0.25) is 9.59 Å². The minimum atomic E-state index is -0.755. The first-order valence-corrected chi connectivity index (χ1v) is 9.14. The van der Waals surface area contributed by atoms with Crippen LogP contribution in [0.2, 0.25) is 0 Å². The SMILES string of the molecule is Cc1ccc(-n2c(C)ccc2C)c(C(=O)N2CCC(CC(=O)O)CC2)c1. The summed E-state index contributed by atoms with van der Waals surface area (Å²) in [5.74, 6) is -0.554. The number of aryl methyl sites for hydroxylation is 3. The smallest absolute Gasteiger partial charge is 0.303 e. The van der Waals surface area contributed by atoms with Crippen molar-refractivity contribution in [3.8, 4) is 5.69 Å². The van der Waals surface area contributed by atoms with Crippen LogP contribution in [-0.4, -0.2) is 39.5 Å². The zero-order valence-electron chi connectivity index (χ0n) is 15.7. The Bertz CT molecular complexity index is 810. The normalized spacial score (nSPS) is 15.3. The number of rotatable bonds is 4. The number of carboxylic acids is 1. The van der Waals surface area contributed by atoms with E-state index in [0.29, 0.717) is 18.7 Å². The van der Waals surface area contributed by atoms with E-state index in [1.807, 2.05) is 43.9 Å². The van der Waals surface area contributed by atoms with E-state index in [4.69, 9.17) is 5.11 Å². The summed E-state index contributed by atoms with van der Waals surface area (Å²) in [6.45, 7) is 7.31. The van der Waals surface area contributed by atoms with E-state index in [0.717, 1.165) is 35.5 Å². The first kappa shape index (κ1) is 18.2. The Morgan fingerprint density at radius 2 is 1.65 bits per heavy atom. The van der Waals surface area contributed by atoms with E-state index in [-0.39, 0.29) is 18.2 Å². The molecular weight excluding hydrogens is 328 g/mol. The van der Waals surface area contributed by atoms with E-state index in [2.05, 4.69) is 16.7 Å². The second-order valence-electron chi connectivity index (χ2n) is 7.31. The van der Waals surface area contributed by atoms with Crippen LogP contribution in [0.4, 0.5) is 0 Å². The maximum absolute atomic E-state index is 13.2. The maximum atomic E-state index is 13.2. The minimum absolute atomic E-state index is 0.0324. The standard InChI is InChI=1S/C21H26N2O3/c1-14-4-7-19(23-15(2)5-6-16(23)3)18(12-14)21(26)22-10-8-17(9-11-22)13-20(24)25/h4-7,12,17H,8-11,13H2,1-3H3,(H,24,25). The number of nitrogens with zero attached hydrogens (tertiary/aromatic N) is 2. The molecule has 1 aliphatic rings. The summed E-state index contributed by atoms with van der Waals surface area (Å²) in [7, 11) is 0. The van der Waals surface area contributed by atoms with Crippen molar-refractivity contribution >= 4 is 11.9 Å². The number of carboxylic acid groups (broad SMARTS) is 1. The van der Waals surface area contributed by atoms with Crippen LogP contribution in [0.15, 0.2) is 30.3 Å². The Labute approximate surface area is 154 Å². The largest absolute Gasteiger partial charge is 0.481 e. The van der Waals surface area contributed by atoms with Crippen LogP contribution in [0.25, 0.3) is 5.69 Å². The van der Waals surface area contributed by atoms with Crippen LogP contribution in [0.5, 0.6) is 0 Å². The van der Waals surface area contributed by atoms with Crippen molar-refractivity contribution in [3.63, 3.8) is 0 Å². The zero-order valence-corrected chi connectivity index (χ0v) is 15.7. The first-order valence-electron chi connectivity index (χ1n) is 9.14. The highest BCUT2D eigenvalue weighted by Gasteiger charge is 2.27. The molecule has 0 radical (unpaired) electrons. The van der Waals surface area contributed by atoms with Crippen LogP contribution >= 0.6 is 0 Å². The Balaban J connectivity index is 1.86. The molecule has 1 fully saturated rings. The number of likely N-dealkylation sites (tertiary alicyclic amines) is 1. The molecule has 1 amide bonds. The van der Waals surface area contributed by atoms with Crippen LogP contribution in [-0.2, 0) is 4.79 Å². The summed E-state index contributed by atoms with van der Waals surface area (Å²) in [5, 5.41) is 8.96. The third-order valence-electron chi connectivity index (χ3n) is 5.26. The molecular formula is C21H26N2O3. The van der Waals surface area contributed by atoms with Crippen LogP contribution < -0.4 is 0 Å². The Morgan fingerprint density at radius 1 is 1.04 bits per heavy atom. The molecule has 1 aliphatic heterocycles. The number of benzene rings is 1. The lowest BCUT2D eigenvalue weighted by molar-refractivity contribution is -0.138. The molecule has 0 aliphatic carbocycles. The molecule has 5 heteroatoms. The van der Waals surface area contributed by atoms with Gasteiger partial charge in [-0.15, -0.1) is 0 Å². The number of carbonyl (C=O) groups excluding carboxylic acids is 1. The molecule has 2 aromatic rings. The van der Waals surface area contributed by atoms with Crippen molar-refractivity contribution in [1.29, 1.82) is 0 Å². The number of aliphatic carboxylic acids is 1. The highest BCUT2D eigenvalue weighted by molar-refractivity contribution is 5.98. The van der Waals surface area contributed by atoms with Gasteiger partial charge in [0.05, 0.1) is 11.3 Å². The van der Waals surface area contributed by atoms with Crippen molar-refractivity contribution < 1.29 is 14.7 Å². The topological polar surface area (TPSA) is 62.5 Å². The zero-order chi connectivity index (χ0) is 18.8. The van der Waals surface area contributed by atoms with Gasteiger partial charge in [0.15, 0.2) is 0 Å². The van der Waals surface area contributed by atoms with E-state index in [1.54, 1.807) is 0 Å². The number of piperidine rings is 1. The van der Waals surface area contributed by atoms with E-state index >= 15 is 0 Å². The molecule has 2 heterocycles. The van der Waals surface area contributed by atoms with Gasteiger partial charge < -0.3 is 14.6 Å². The van der Waals surface area contributed by atoms with Gasteiger partial charge in [-0.05, 0) is 63.8 Å². The number of amides is 1. The highest BCUT2D eigenvalue weighted by Crippen LogP contribution is 2.26. The molecule has 3 rings (SSSR count). The second kappa shape index (κ2) is 7.36. The van der Waals surface area contributed by atoms with E-state index in [1.165, 1.54) is 0 Å². The minimum Gasteiger partial charge on any atom is -0.481 e. The number of hydrogen-bond acceptors (Lipinski definition) is 2. The van der Waals surface area contributed by atoms with Gasteiger partial charge in [-0.2, -0.15) is 0 Å². The molecule has 5 nitrogen and oxygen atoms in total. The summed E-state index contributed by atoms with van der Waals surface area (Å²) < 4.78 is 2.11. The van der Waals surface area contributed by atoms with Gasteiger partial charge in [0, 0.05) is 30.9 Å². The average molecular weight is 354 g/mol. The molecule has 0 saturated carbocycles. The van der Waals surface area contributed by atoms with Gasteiger partial charge in [-0.25, -0.2) is 0 Å². The molecule has 1 N–H and O–H groups in total. The lowest BCUT2D eigenvalue weighted by Gasteiger charge is -2.32. The van der Waals surface area contributed by atoms with Crippen molar-refractivity contribution in [2.24, 2.45) is 5.92 Å². The summed E-state index contributed by atoms with van der Waals surface area (Å²) in [4.78, 5) is 26.0. The van der Waals surface area contributed by atoms with Crippen molar-refractivity contribution in [2.75, 3.05) is 13.1 Å². The van der Waals surface area contributed by atoms with Gasteiger partial charge in [0.2, 0.25) is 0 Å². The lowest BCUT2D eigenvalue weighted by atomic mass is 9.93. The molecule has 0 atom stereocenters. The third kappa shape index (κ3) is 3.66. The van der Waals surface area contributed by atoms with Crippen molar-refractivity contribution in [1.82, 2.24) is 9.47 Å². The number of carbonyl (C=O) groups is 2. The second-order valence-corrected chi connectivity index (χ2v) is 7.31. The molecule has 0 spiro atoms. The highest BCUT2D eigenvalue weighted by atomic mass is 16.4. The monoisotopic (exact) mass is 354 g/mol. The molecule has 26 heavy (non-hydrogen) atoms. The average Bonchev–Trinajstić information content (AvgIpc) is 2.93. The molecule has 0 unspecified atom stereocenters. The Hall–Kier alpha value is -2.56. The summed E-state index contributed by atoms with van der Waals surface area (Å²) in [6, 6.07) is 10.1. The number of hydrogen-bond donors (Lipinski definition) is 1. The predicted octanol–water partition coefficient (Wildman–Crippen LogP) is 3.73. The maximum Gasteiger partial charge on any atom is 0.303 e.